The lowest BCUT2D eigenvalue weighted by Crippen LogP contribution is -2.51. The Hall–Kier alpha value is -0.570. The number of hydrogen-bond donors (Lipinski definition) is 1. The highest BCUT2D eigenvalue weighted by Crippen LogP contribution is 2.20. The second-order valence-electron chi connectivity index (χ2n) is 4.60. The van der Waals surface area contributed by atoms with Gasteiger partial charge in [-0.05, 0) is 25.7 Å². The van der Waals surface area contributed by atoms with Crippen LogP contribution in [-0.4, -0.2) is 36.5 Å². The Morgan fingerprint density at radius 1 is 1.21 bits per heavy atom. The van der Waals surface area contributed by atoms with E-state index in [9.17, 15) is 4.79 Å². The van der Waals surface area contributed by atoms with Crippen LogP contribution in [0, 0.1) is 0 Å². The normalized spacial score (nSPS) is 29.9. The number of nitrogens with zero attached hydrogens (tertiary/aromatic N) is 1. The third-order valence-corrected chi connectivity index (χ3v) is 3.45. The van der Waals surface area contributed by atoms with Gasteiger partial charge in [0.15, 0.2) is 0 Å². The number of likely N-dealkylation sites (tertiary alicyclic amines) is 1. The van der Waals surface area contributed by atoms with Crippen molar-refractivity contribution in [1.29, 1.82) is 0 Å². The number of hydrogen-bond acceptors (Lipinski definition) is 2. The van der Waals surface area contributed by atoms with Crippen molar-refractivity contribution in [3.05, 3.63) is 0 Å². The molecule has 1 saturated heterocycles. The van der Waals surface area contributed by atoms with Crippen LogP contribution in [0.3, 0.4) is 0 Å². The van der Waals surface area contributed by atoms with Crippen LogP contribution < -0.4 is 5.32 Å². The largest absolute Gasteiger partial charge is 0.344 e. The van der Waals surface area contributed by atoms with Crippen molar-refractivity contribution < 1.29 is 4.79 Å². The molecule has 14 heavy (non-hydrogen) atoms. The van der Waals surface area contributed by atoms with Crippen LogP contribution in [0.15, 0.2) is 0 Å². The first-order valence-corrected chi connectivity index (χ1v) is 5.78. The molecular weight excluding hydrogens is 176 g/mol. The number of likely N-dealkylation sites (N-methyl/N-ethyl adjacent to an activating group) is 1. The van der Waals surface area contributed by atoms with Crippen LogP contribution >= 0.6 is 0 Å². The van der Waals surface area contributed by atoms with Gasteiger partial charge in [-0.3, -0.25) is 4.79 Å². The molecule has 1 aliphatic carbocycles. The van der Waals surface area contributed by atoms with Gasteiger partial charge in [-0.25, -0.2) is 0 Å². The molecule has 0 aromatic rings. The van der Waals surface area contributed by atoms with Crippen LogP contribution in [0.1, 0.15) is 38.5 Å². The monoisotopic (exact) mass is 196 g/mol. The Morgan fingerprint density at radius 2 is 1.93 bits per heavy atom. The van der Waals surface area contributed by atoms with Crippen molar-refractivity contribution in [1.82, 2.24) is 10.2 Å². The van der Waals surface area contributed by atoms with Crippen LogP contribution in [0.5, 0.6) is 0 Å². The van der Waals surface area contributed by atoms with E-state index in [0.717, 1.165) is 19.4 Å². The molecule has 1 N–H and O–H groups in total. The van der Waals surface area contributed by atoms with Crippen LogP contribution in [-0.2, 0) is 4.79 Å². The zero-order valence-corrected chi connectivity index (χ0v) is 8.96. The number of rotatable bonds is 2. The lowest BCUT2D eigenvalue weighted by Gasteiger charge is -2.31. The summed E-state index contributed by atoms with van der Waals surface area (Å²) in [6.07, 6.45) is 7.34. The predicted molar refractivity (Wildman–Crippen MR) is 56.1 cm³/mol. The lowest BCUT2D eigenvalue weighted by molar-refractivity contribution is -0.134. The molecule has 3 heteroatoms. The van der Waals surface area contributed by atoms with Gasteiger partial charge in [0.2, 0.25) is 5.91 Å². The molecular formula is C11H20N2O. The van der Waals surface area contributed by atoms with Crippen molar-refractivity contribution in [2.24, 2.45) is 0 Å². The minimum Gasteiger partial charge on any atom is -0.344 e. The van der Waals surface area contributed by atoms with Gasteiger partial charge in [0.1, 0.15) is 0 Å². The van der Waals surface area contributed by atoms with Gasteiger partial charge in [0, 0.05) is 19.6 Å². The Balaban J connectivity index is 1.86. The maximum absolute atomic E-state index is 11.8. The third-order valence-electron chi connectivity index (χ3n) is 3.45. The van der Waals surface area contributed by atoms with E-state index in [4.69, 9.17) is 0 Å². The summed E-state index contributed by atoms with van der Waals surface area (Å²) in [6.45, 7) is 0.932. The minimum absolute atomic E-state index is 0.108. The Morgan fingerprint density at radius 3 is 2.64 bits per heavy atom. The van der Waals surface area contributed by atoms with Gasteiger partial charge in [-0.15, -0.1) is 0 Å². The van der Waals surface area contributed by atoms with Crippen LogP contribution in [0.2, 0.25) is 0 Å². The lowest BCUT2D eigenvalue weighted by atomic mass is 10.0. The maximum Gasteiger partial charge on any atom is 0.239 e. The van der Waals surface area contributed by atoms with Crippen molar-refractivity contribution in [3.8, 4) is 0 Å². The highest BCUT2D eigenvalue weighted by Gasteiger charge is 2.28. The summed E-state index contributed by atoms with van der Waals surface area (Å²) in [4.78, 5) is 13.6. The zero-order valence-electron chi connectivity index (χ0n) is 8.96. The Labute approximate surface area is 85.8 Å². The smallest absolute Gasteiger partial charge is 0.239 e. The number of carbonyl (C=O) groups is 1. The predicted octanol–water partition coefficient (Wildman–Crippen LogP) is 1.14. The summed E-state index contributed by atoms with van der Waals surface area (Å²) in [5.74, 6) is 0.295. The van der Waals surface area contributed by atoms with E-state index >= 15 is 0 Å². The molecule has 2 fully saturated rings. The van der Waals surface area contributed by atoms with Gasteiger partial charge in [0.25, 0.3) is 0 Å². The van der Waals surface area contributed by atoms with E-state index < -0.39 is 0 Å². The SMILES string of the molecule is CN1CCCC(NC2CCCC2)C1=O. The molecule has 1 heterocycles. The minimum atomic E-state index is 0.108. The molecule has 0 spiro atoms. The second kappa shape index (κ2) is 4.30. The van der Waals surface area contributed by atoms with Gasteiger partial charge >= 0.3 is 0 Å². The molecule has 0 aromatic heterocycles. The quantitative estimate of drug-likeness (QED) is 0.718. The van der Waals surface area contributed by atoms with Crippen molar-refractivity contribution in [2.75, 3.05) is 13.6 Å². The fourth-order valence-corrected chi connectivity index (χ4v) is 2.56. The average Bonchev–Trinajstić information content (AvgIpc) is 2.66. The second-order valence-corrected chi connectivity index (χ2v) is 4.60. The van der Waals surface area contributed by atoms with Gasteiger partial charge in [-0.1, -0.05) is 12.8 Å². The average molecular weight is 196 g/mol. The Kier molecular flexibility index (Phi) is 3.06. The first kappa shape index (κ1) is 9.97. The van der Waals surface area contributed by atoms with E-state index in [1.807, 2.05) is 11.9 Å². The summed E-state index contributed by atoms with van der Waals surface area (Å²) in [6, 6.07) is 0.715. The van der Waals surface area contributed by atoms with E-state index in [1.165, 1.54) is 25.7 Å². The molecule has 2 aliphatic rings. The topological polar surface area (TPSA) is 32.3 Å². The first-order chi connectivity index (χ1) is 6.77. The molecule has 1 amide bonds. The Bertz CT molecular complexity index is 211. The first-order valence-electron chi connectivity index (χ1n) is 5.78. The van der Waals surface area contributed by atoms with Crippen LogP contribution in [0.4, 0.5) is 0 Å². The third kappa shape index (κ3) is 2.08. The fourth-order valence-electron chi connectivity index (χ4n) is 2.56. The van der Waals surface area contributed by atoms with E-state index in [2.05, 4.69) is 5.32 Å². The molecule has 1 saturated carbocycles. The summed E-state index contributed by atoms with van der Waals surface area (Å²) in [5.41, 5.74) is 0. The molecule has 1 unspecified atom stereocenters. The van der Waals surface area contributed by atoms with Gasteiger partial charge < -0.3 is 10.2 Å². The van der Waals surface area contributed by atoms with E-state index in [1.54, 1.807) is 0 Å². The van der Waals surface area contributed by atoms with Gasteiger partial charge in [0.05, 0.1) is 6.04 Å². The number of piperidine rings is 1. The number of carbonyl (C=O) groups excluding carboxylic acids is 1. The molecule has 1 aliphatic heterocycles. The summed E-state index contributed by atoms with van der Waals surface area (Å²) in [7, 11) is 1.91. The molecule has 0 aromatic carbocycles. The molecule has 0 radical (unpaired) electrons. The summed E-state index contributed by atoms with van der Waals surface area (Å²) < 4.78 is 0. The molecule has 0 bridgehead atoms. The van der Waals surface area contributed by atoms with Crippen molar-refractivity contribution in [3.63, 3.8) is 0 Å². The van der Waals surface area contributed by atoms with Crippen molar-refractivity contribution in [2.45, 2.75) is 50.6 Å². The summed E-state index contributed by atoms with van der Waals surface area (Å²) in [5, 5.41) is 3.51. The number of nitrogens with one attached hydrogen (secondary N) is 1. The molecule has 2 rings (SSSR count). The van der Waals surface area contributed by atoms with E-state index in [0.29, 0.717) is 11.9 Å². The van der Waals surface area contributed by atoms with E-state index in [-0.39, 0.29) is 6.04 Å². The zero-order chi connectivity index (χ0) is 9.97. The van der Waals surface area contributed by atoms with Gasteiger partial charge in [-0.2, -0.15) is 0 Å². The standard InChI is InChI=1S/C11H20N2O/c1-13-8-4-7-10(11(13)14)12-9-5-2-3-6-9/h9-10,12H,2-8H2,1H3. The molecule has 3 nitrogen and oxygen atoms in total. The maximum atomic E-state index is 11.8. The summed E-state index contributed by atoms with van der Waals surface area (Å²) >= 11 is 0. The van der Waals surface area contributed by atoms with Crippen LogP contribution in [0.25, 0.3) is 0 Å². The molecule has 1 atom stereocenters. The highest BCUT2D eigenvalue weighted by molar-refractivity contribution is 5.82. The fraction of sp³-hybridized carbons (Fsp3) is 0.909. The number of amides is 1. The van der Waals surface area contributed by atoms with Crippen molar-refractivity contribution >= 4 is 5.91 Å². The molecule has 80 valence electrons. The highest BCUT2D eigenvalue weighted by atomic mass is 16.2.